The number of hydrogen-bond donors (Lipinski definition) is 2. The zero-order chi connectivity index (χ0) is 61.5. The Bertz CT molecular complexity index is 3680. The molecule has 20 heteroatoms. The SMILES string of the molecule is O=C(Nc1cc(Cl)c(Oc2ccc(Cl)cc2)cc1CBr)C(F)(F)F.O=C(Nc1cc(Cl)c(Oc2ccc(Cl)cc2)cc1CP(Br)(c1ccccc1)(c1ccccc1)c1ccccc1)C(F)(F)F.c1ccc(P(c2ccccc2)c2ccccc2)cc1. The second kappa shape index (κ2) is 29.3. The molecule has 10 aromatic rings. The van der Waals surface area contributed by atoms with Gasteiger partial charge in [-0.3, -0.25) is 4.79 Å². The molecular weight excluding hydrogens is 1360 g/mol. The van der Waals surface area contributed by atoms with E-state index in [9.17, 15) is 35.9 Å². The van der Waals surface area contributed by atoms with Gasteiger partial charge in [-0.15, -0.1) is 0 Å². The van der Waals surface area contributed by atoms with Crippen LogP contribution >= 0.6 is 91.1 Å². The molecule has 0 spiro atoms. The smallest absolute Gasteiger partial charge is 0.0134 e. The molecule has 0 aliphatic rings. The average Bonchev–Trinajstić information content (AvgIpc) is 1.19. The number of rotatable bonds is 15. The maximum absolute atomic E-state index is 13.5. The minimum Gasteiger partial charge on any atom is -0.0622 e. The molecule has 0 heterocycles. The maximum atomic E-state index is 13.5. The van der Waals surface area contributed by atoms with Gasteiger partial charge in [0.05, 0.1) is 5.02 Å². The molecule has 0 aromatic heterocycles. The van der Waals surface area contributed by atoms with Gasteiger partial charge in [0.15, 0.2) is 0 Å². The van der Waals surface area contributed by atoms with Crippen LogP contribution in [0.5, 0.6) is 23.0 Å². The van der Waals surface area contributed by atoms with Crippen molar-refractivity contribution in [2.45, 2.75) is 23.8 Å². The van der Waals surface area contributed by atoms with Gasteiger partial charge < -0.3 is 10.1 Å². The van der Waals surface area contributed by atoms with Crippen LogP contribution in [0.3, 0.4) is 0 Å². The van der Waals surface area contributed by atoms with Crippen molar-refractivity contribution < 1.29 is 45.4 Å². The molecule has 0 fully saturated rings. The van der Waals surface area contributed by atoms with E-state index in [1.165, 1.54) is 34.1 Å². The van der Waals surface area contributed by atoms with Gasteiger partial charge in [-0.2, -0.15) is 13.2 Å². The van der Waals surface area contributed by atoms with Crippen molar-refractivity contribution >= 4 is 146 Å². The molecule has 2 amide bonds. The third-order valence-corrected chi connectivity index (χ3v) is 26.6. The second-order valence-corrected chi connectivity index (χ2v) is 32.1. The molecule has 0 aliphatic heterocycles. The zero-order valence-electron chi connectivity index (χ0n) is 44.7. The van der Waals surface area contributed by atoms with E-state index in [0.717, 1.165) is 15.9 Å². The summed E-state index contributed by atoms with van der Waals surface area (Å²) in [6.07, 6.45) is -9.93. The summed E-state index contributed by atoms with van der Waals surface area (Å²) < 4.78 is 89.3. The largest absolute Gasteiger partial charge is 0.0622 e. The summed E-state index contributed by atoms with van der Waals surface area (Å²) in [5, 5.41) is 8.46. The van der Waals surface area contributed by atoms with E-state index >= 15 is 0 Å². The minimum absolute atomic E-state index is 0.0187. The number of amides is 2. The van der Waals surface area contributed by atoms with Crippen molar-refractivity contribution in [1.82, 2.24) is 0 Å². The molecule has 0 radical (unpaired) electrons. The van der Waals surface area contributed by atoms with Crippen LogP contribution in [0.1, 0.15) is 11.1 Å². The molecular formula is C66H48Br2Cl4F6N2O4P2. The molecule has 0 aliphatic carbocycles. The Morgan fingerprint density at radius 2 is 0.721 bits per heavy atom. The average molecular weight is 1410 g/mol. The van der Waals surface area contributed by atoms with Crippen LogP contribution in [0.15, 0.2) is 255 Å². The van der Waals surface area contributed by atoms with Crippen molar-refractivity contribution in [3.63, 3.8) is 0 Å². The molecule has 2 N–H and O–H groups in total. The number of anilines is 2. The number of benzene rings is 10. The van der Waals surface area contributed by atoms with E-state index in [2.05, 4.69) is 128 Å². The van der Waals surface area contributed by atoms with Crippen molar-refractivity contribution in [3.05, 3.63) is 286 Å². The van der Waals surface area contributed by atoms with Gasteiger partial charge in [0, 0.05) is 16.0 Å². The molecule has 86 heavy (non-hydrogen) atoms. The molecule has 10 rings (SSSR count). The summed E-state index contributed by atoms with van der Waals surface area (Å²) in [6.45, 7) is 0. The Morgan fingerprint density at radius 1 is 0.430 bits per heavy atom. The third-order valence-electron chi connectivity index (χ3n) is 12.9. The predicted molar refractivity (Wildman–Crippen MR) is 351 cm³/mol. The van der Waals surface area contributed by atoms with E-state index in [1.807, 2.05) is 91.0 Å². The van der Waals surface area contributed by atoms with Gasteiger partial charge >= 0.3 is 278 Å². The standard InChI is InChI=1S/C33H24BrCl2F3NO2P.C18H15P.C15H9BrCl2F3NO2/c34-43(26-10-4-1-5-11-26,27-12-6-2-7-13-27,28-14-8-3-9-15-28)22-23-20-31(42-25-18-16-24(35)17-19-25)29(36)21-30(23)40-32(41)33(37,38)39;1-4-10-16(11-5-1)19(17-12-6-2-7-13-17)18-14-8-3-9-15-18;16-7-8-5-13(24-10-3-1-9(17)2-4-10)11(18)6-12(8)22-14(23)15(19,20)21/h1-21H,22H2,(H,40,41);1-15H;1-6H,7H2,(H,22,23). The van der Waals surface area contributed by atoms with Crippen LogP contribution in [0.4, 0.5) is 37.7 Å². The number of alkyl halides is 7. The Balaban J connectivity index is 0.000000187. The van der Waals surface area contributed by atoms with Gasteiger partial charge in [0.25, 0.3) is 0 Å². The normalized spacial score (nSPS) is 11.8. The summed E-state index contributed by atoms with van der Waals surface area (Å²) >= 11 is 31.9. The molecule has 0 bridgehead atoms. The molecule has 0 saturated carbocycles. The molecule has 10 aromatic carbocycles. The summed E-state index contributed by atoms with van der Waals surface area (Å²) in [4.78, 5) is 23.3. The summed E-state index contributed by atoms with van der Waals surface area (Å²) in [6, 6.07) is 80.2. The Hall–Kier alpha value is -6.70. The van der Waals surface area contributed by atoms with Crippen molar-refractivity contribution in [3.8, 4) is 23.0 Å². The monoisotopic (exact) mass is 1410 g/mol. The fraction of sp³-hybridized carbons (Fsp3) is 0.0606. The van der Waals surface area contributed by atoms with Gasteiger partial charge in [-0.05, 0) is 65.8 Å². The Labute approximate surface area is 531 Å². The topological polar surface area (TPSA) is 76.7 Å². The van der Waals surface area contributed by atoms with Crippen LogP contribution in [-0.4, -0.2) is 24.2 Å². The van der Waals surface area contributed by atoms with Crippen LogP contribution < -0.4 is 51.9 Å². The number of carbonyl (C=O) groups is 2. The summed E-state index contributed by atoms with van der Waals surface area (Å²) in [5.74, 6) is -2.87. The number of carbonyl (C=O) groups excluding carboxylic acids is 2. The predicted octanol–water partition coefficient (Wildman–Crippen LogP) is 19.3. The van der Waals surface area contributed by atoms with Gasteiger partial charge in [-0.1, -0.05) is 130 Å². The molecule has 0 unspecified atom stereocenters. The fourth-order valence-corrected chi connectivity index (χ4v) is 20.0. The number of ether oxygens (including phenoxy) is 2. The first-order valence-electron chi connectivity index (χ1n) is 25.8. The molecule has 0 saturated heterocycles. The van der Waals surface area contributed by atoms with Crippen LogP contribution in [0.25, 0.3) is 0 Å². The molecule has 440 valence electrons. The molecule has 0 atom stereocenters. The zero-order valence-corrected chi connectivity index (χ0v) is 52.7. The van der Waals surface area contributed by atoms with Crippen molar-refractivity contribution in [2.75, 3.05) is 10.6 Å². The minimum atomic E-state index is -5.11. The van der Waals surface area contributed by atoms with Crippen LogP contribution in [0, 0.1) is 0 Å². The first kappa shape index (κ1) is 65.3. The van der Waals surface area contributed by atoms with Crippen LogP contribution in [0.2, 0.25) is 20.1 Å². The van der Waals surface area contributed by atoms with E-state index < -0.39 is 37.4 Å². The first-order valence-corrected chi connectivity index (χ1v) is 34.2. The van der Waals surface area contributed by atoms with Gasteiger partial charge in [-0.25, -0.2) is 0 Å². The van der Waals surface area contributed by atoms with Crippen molar-refractivity contribution in [1.29, 1.82) is 0 Å². The van der Waals surface area contributed by atoms with Crippen molar-refractivity contribution in [2.24, 2.45) is 0 Å². The quantitative estimate of drug-likeness (QED) is 0.0609. The van der Waals surface area contributed by atoms with Gasteiger partial charge in [0.1, 0.15) is 11.5 Å². The van der Waals surface area contributed by atoms with E-state index in [-0.39, 0.29) is 44.4 Å². The summed E-state index contributed by atoms with van der Waals surface area (Å²) in [5.41, 5.74) is 0.632. The van der Waals surface area contributed by atoms with E-state index in [1.54, 1.807) is 59.9 Å². The third kappa shape index (κ3) is 16.5. The van der Waals surface area contributed by atoms with Crippen LogP contribution in [-0.2, 0) is 21.1 Å². The maximum Gasteiger partial charge on any atom is -0.0134 e. The number of halogens is 12. The second-order valence-electron chi connectivity index (χ2n) is 18.7. The number of hydrogen-bond acceptors (Lipinski definition) is 4. The van der Waals surface area contributed by atoms with E-state index in [4.69, 9.17) is 55.9 Å². The summed E-state index contributed by atoms with van der Waals surface area (Å²) in [7, 11) is -0.446. The van der Waals surface area contributed by atoms with Gasteiger partial charge in [0.2, 0.25) is 0 Å². The fourth-order valence-electron chi connectivity index (χ4n) is 8.90. The van der Waals surface area contributed by atoms with E-state index in [0.29, 0.717) is 32.7 Å². The Kier molecular flexibility index (Phi) is 22.3. The number of nitrogens with one attached hydrogen (secondary N) is 2. The first-order chi connectivity index (χ1) is 41.1. The molecule has 6 nitrogen and oxygen atoms in total. The Morgan fingerprint density at radius 3 is 1.02 bits per heavy atom.